The van der Waals surface area contributed by atoms with Crippen LogP contribution in [0.4, 0.5) is 0 Å². The fraction of sp³-hybridized carbons (Fsp3) is 0. The summed E-state index contributed by atoms with van der Waals surface area (Å²) >= 11 is 0. The lowest BCUT2D eigenvalue weighted by molar-refractivity contribution is 1.39. The van der Waals surface area contributed by atoms with Gasteiger partial charge in [-0.25, -0.2) is 9.97 Å². The van der Waals surface area contributed by atoms with E-state index in [0.717, 1.165) is 133 Å². The molecule has 301 valence electrons. The smallest absolute Gasteiger partial charge is 0.0816 e. The van der Waals surface area contributed by atoms with Crippen molar-refractivity contribution in [3.63, 3.8) is 0 Å². The van der Waals surface area contributed by atoms with Crippen molar-refractivity contribution in [1.82, 2.24) is 19.9 Å². The van der Waals surface area contributed by atoms with Gasteiger partial charge in [-0.15, -0.1) is 0 Å². The zero-order valence-corrected chi connectivity index (χ0v) is 35.3. The van der Waals surface area contributed by atoms with Gasteiger partial charge in [0.05, 0.1) is 44.8 Å². The molecule has 0 saturated heterocycles. The third kappa shape index (κ3) is 5.93. The predicted octanol–water partition coefficient (Wildman–Crippen LogP) is 15.6. The van der Waals surface area contributed by atoms with Crippen LogP contribution in [0, 0.1) is 0 Å². The number of aromatic amines is 2. The quantitative estimate of drug-likeness (QED) is 0.174. The predicted molar refractivity (Wildman–Crippen MR) is 272 cm³/mol. The Labute approximate surface area is 378 Å². The Hall–Kier alpha value is -8.54. The summed E-state index contributed by atoms with van der Waals surface area (Å²) in [5.74, 6) is 0. The molecule has 3 radical (unpaired) electrons. The van der Waals surface area contributed by atoms with Gasteiger partial charge in [0, 0.05) is 74.5 Å². The highest BCUT2D eigenvalue weighted by Crippen LogP contribution is 2.51. The van der Waals surface area contributed by atoms with E-state index in [1.807, 2.05) is 0 Å². The Morgan fingerprint density at radius 1 is 0.231 bits per heavy atom. The van der Waals surface area contributed by atoms with Crippen LogP contribution in [0.2, 0.25) is 0 Å². The number of hydrogen-bond acceptors (Lipinski definition) is 2. The summed E-state index contributed by atoms with van der Waals surface area (Å²) in [7, 11) is 0. The van der Waals surface area contributed by atoms with Crippen LogP contribution in [0.3, 0.4) is 0 Å². The fourth-order valence-corrected chi connectivity index (χ4v) is 10.2. The van der Waals surface area contributed by atoms with Gasteiger partial charge in [-0.05, 0) is 22.3 Å². The second-order valence-electron chi connectivity index (χ2n) is 16.5. The van der Waals surface area contributed by atoms with Crippen molar-refractivity contribution in [1.29, 1.82) is 0 Å². The summed E-state index contributed by atoms with van der Waals surface area (Å²) in [6, 6.07) is 78.0. The number of H-pyrrole nitrogens is 2. The first kappa shape index (κ1) is 38.2. The highest BCUT2D eigenvalue weighted by molar-refractivity contribution is 6.21. The lowest BCUT2D eigenvalue weighted by atomic mass is 9.93. The summed E-state index contributed by atoms with van der Waals surface area (Å²) in [5.41, 5.74) is 20.5. The zero-order chi connectivity index (χ0) is 42.1. The van der Waals surface area contributed by atoms with E-state index in [-0.39, 0.29) is 8.41 Å². The fourth-order valence-electron chi connectivity index (χ4n) is 10.2. The Bertz CT molecular complexity index is 3320. The third-order valence-electron chi connectivity index (χ3n) is 13.0. The molecule has 0 amide bonds. The Morgan fingerprint density at radius 2 is 0.431 bits per heavy atom. The van der Waals surface area contributed by atoms with Gasteiger partial charge in [0.25, 0.3) is 0 Å². The minimum atomic E-state index is 0. The van der Waals surface area contributed by atoms with Crippen molar-refractivity contribution < 1.29 is 0 Å². The van der Waals surface area contributed by atoms with Gasteiger partial charge in [0.2, 0.25) is 0 Å². The van der Waals surface area contributed by atoms with Crippen LogP contribution in [0.25, 0.3) is 133 Å². The molecule has 65 heavy (non-hydrogen) atoms. The molecule has 0 saturated carbocycles. The first-order valence-corrected chi connectivity index (χ1v) is 21.8. The van der Waals surface area contributed by atoms with E-state index in [4.69, 9.17) is 9.97 Å². The van der Waals surface area contributed by atoms with E-state index in [1.165, 1.54) is 0 Å². The first-order chi connectivity index (χ1) is 31.8. The standard InChI is InChI=1S/C60H38N4.B/c1-5-21-37(22-6-1)49-53-41-29-13-15-31-43(41)55(61-53)50(38-23-7-2-8-24-38)57-45-33-17-19-35-47(45)59(63-57)52(40-27-11-4-12-28-40)60-48-36-20-18-34-46(48)58(64-60)51(39-25-9-3-10-26-39)56-44-32-16-14-30-42(44)54(49)62-56;/h1-36,61,64H;. The highest BCUT2D eigenvalue weighted by atomic mass is 14.8. The molecule has 10 aromatic rings. The van der Waals surface area contributed by atoms with Gasteiger partial charge in [-0.2, -0.15) is 0 Å². The molecule has 4 heterocycles. The average molecular weight is 826 g/mol. The molecule has 1 aliphatic carbocycles. The van der Waals surface area contributed by atoms with Gasteiger partial charge in [-0.3, -0.25) is 0 Å². The third-order valence-corrected chi connectivity index (χ3v) is 13.0. The molecule has 0 unspecified atom stereocenters. The number of aromatic nitrogens is 4. The Balaban J connectivity index is 0.00000444. The number of nitrogens with zero attached hydrogens (tertiary/aromatic N) is 2. The molecule has 8 bridgehead atoms. The van der Waals surface area contributed by atoms with Crippen LogP contribution in [-0.2, 0) is 0 Å². The lowest BCUT2D eigenvalue weighted by Crippen LogP contribution is -1.87. The van der Waals surface area contributed by atoms with Crippen LogP contribution < -0.4 is 0 Å². The molecule has 3 aliphatic rings. The molecule has 0 spiro atoms. The van der Waals surface area contributed by atoms with Crippen molar-refractivity contribution in [3.8, 4) is 89.5 Å². The lowest BCUT2D eigenvalue weighted by Gasteiger charge is -2.09. The van der Waals surface area contributed by atoms with Gasteiger partial charge in [0.1, 0.15) is 0 Å². The zero-order valence-electron chi connectivity index (χ0n) is 35.3. The maximum atomic E-state index is 5.89. The maximum absolute atomic E-state index is 5.89. The van der Waals surface area contributed by atoms with Crippen molar-refractivity contribution in [2.75, 3.05) is 0 Å². The van der Waals surface area contributed by atoms with Gasteiger partial charge < -0.3 is 9.97 Å². The molecule has 5 heteroatoms. The Kier molecular flexibility index (Phi) is 9.02. The van der Waals surface area contributed by atoms with Gasteiger partial charge in [-0.1, -0.05) is 218 Å². The summed E-state index contributed by atoms with van der Waals surface area (Å²) in [4.78, 5) is 20.0. The van der Waals surface area contributed by atoms with Gasteiger partial charge >= 0.3 is 0 Å². The minimum absolute atomic E-state index is 0. The van der Waals surface area contributed by atoms with Crippen LogP contribution in [0.15, 0.2) is 218 Å². The highest BCUT2D eigenvalue weighted by Gasteiger charge is 2.29. The molecule has 0 fully saturated rings. The van der Waals surface area contributed by atoms with Crippen molar-refractivity contribution in [2.24, 2.45) is 0 Å². The summed E-state index contributed by atoms with van der Waals surface area (Å²) in [6.07, 6.45) is 0. The topological polar surface area (TPSA) is 57.4 Å². The van der Waals surface area contributed by atoms with E-state index in [9.17, 15) is 0 Å². The van der Waals surface area contributed by atoms with Crippen LogP contribution in [0.5, 0.6) is 0 Å². The monoisotopic (exact) mass is 825 g/mol. The number of hydrogen-bond donors (Lipinski definition) is 2. The molecule has 2 aromatic heterocycles. The molecular weight excluding hydrogens is 787 g/mol. The van der Waals surface area contributed by atoms with Crippen molar-refractivity contribution in [3.05, 3.63) is 218 Å². The average Bonchev–Trinajstić information content (AvgIpc) is 4.14. The minimum Gasteiger partial charge on any atom is -0.353 e. The largest absolute Gasteiger partial charge is 0.353 e. The second-order valence-corrected chi connectivity index (χ2v) is 16.5. The molecule has 8 aromatic carbocycles. The second kappa shape index (κ2) is 15.4. The van der Waals surface area contributed by atoms with E-state index in [2.05, 4.69) is 228 Å². The molecule has 2 aliphatic heterocycles. The van der Waals surface area contributed by atoms with E-state index < -0.39 is 0 Å². The van der Waals surface area contributed by atoms with Crippen LogP contribution in [-0.4, -0.2) is 28.3 Å². The van der Waals surface area contributed by atoms with E-state index in [0.29, 0.717) is 0 Å². The number of benzene rings is 8. The van der Waals surface area contributed by atoms with Crippen molar-refractivity contribution in [2.45, 2.75) is 0 Å². The van der Waals surface area contributed by atoms with E-state index >= 15 is 0 Å². The summed E-state index contributed by atoms with van der Waals surface area (Å²) < 4.78 is 0. The Morgan fingerprint density at radius 3 is 0.662 bits per heavy atom. The molecular formula is C60H38BN4. The molecule has 13 rings (SSSR count). The summed E-state index contributed by atoms with van der Waals surface area (Å²) in [5, 5.41) is 4.45. The molecule has 0 atom stereocenters. The summed E-state index contributed by atoms with van der Waals surface area (Å²) in [6.45, 7) is 0. The molecule has 4 nitrogen and oxygen atoms in total. The molecule has 2 N–H and O–H groups in total. The van der Waals surface area contributed by atoms with Crippen molar-refractivity contribution >= 4 is 52.0 Å². The van der Waals surface area contributed by atoms with Gasteiger partial charge in [0.15, 0.2) is 0 Å². The number of nitrogens with one attached hydrogen (secondary N) is 2. The van der Waals surface area contributed by atoms with Crippen LogP contribution >= 0.6 is 0 Å². The normalized spacial score (nSPS) is 11.6. The first-order valence-electron chi connectivity index (χ1n) is 21.8. The SMILES string of the molecule is [B].c1ccc(-c2c3nc(c(-c4ccccc4)c4[nH]c(c(-c5ccccc5)c5nc(c(-c6ccccc6)c6[nH]c2c2ccccc62)-c2ccccc2-5)c2ccccc42)-c2ccccc2-3)cc1. The maximum Gasteiger partial charge on any atom is 0.0816 e. The van der Waals surface area contributed by atoms with E-state index in [1.54, 1.807) is 0 Å². The van der Waals surface area contributed by atoms with Crippen LogP contribution in [0.1, 0.15) is 0 Å². The number of rotatable bonds is 4.